The Morgan fingerprint density at radius 1 is 0.660 bits per heavy atom. The second-order valence-electron chi connectivity index (χ2n) is 12.9. The van der Waals surface area contributed by atoms with Crippen LogP contribution in [-0.4, -0.2) is 15.0 Å². The molecule has 4 aliphatic carbocycles. The molecule has 0 radical (unpaired) electrons. The quantitative estimate of drug-likeness (QED) is 0.195. The second-order valence-corrected chi connectivity index (χ2v) is 14.0. The Hall–Kier alpha value is -4.93. The Balaban J connectivity index is 1.11. The van der Waals surface area contributed by atoms with E-state index in [4.69, 9.17) is 15.0 Å². The monoisotopic (exact) mass is 625 g/mol. The van der Waals surface area contributed by atoms with Gasteiger partial charge >= 0.3 is 0 Å². The molecule has 2 aromatic heterocycles. The average Bonchev–Trinajstić information content (AvgIpc) is 3.51. The summed E-state index contributed by atoms with van der Waals surface area (Å²) in [7, 11) is 0. The normalized spacial score (nSPS) is 18.9. The molecule has 9 rings (SSSR count). The van der Waals surface area contributed by atoms with Crippen LogP contribution in [0.15, 0.2) is 126 Å². The third kappa shape index (κ3) is 5.47. The van der Waals surface area contributed by atoms with Crippen LogP contribution in [0.25, 0.3) is 49.5 Å². The van der Waals surface area contributed by atoms with Crippen molar-refractivity contribution in [1.82, 2.24) is 15.0 Å². The molecular formula is C43H35N3S. The molecule has 47 heavy (non-hydrogen) atoms. The summed E-state index contributed by atoms with van der Waals surface area (Å²) in [5.41, 5.74) is 9.12. The summed E-state index contributed by atoms with van der Waals surface area (Å²) < 4.78 is 1.36. The molecule has 1 atom stereocenters. The lowest BCUT2D eigenvalue weighted by molar-refractivity contribution is 0.755. The van der Waals surface area contributed by atoms with Crippen molar-refractivity contribution in [3.8, 4) is 11.4 Å². The standard InChI is InChI=1S/C43H35N3S/c1-3-9-28(10-4-1)30-15-19-32(20-16-30)41-44-42(33-21-17-31(18-22-33)29-11-5-2-6-12-29)46-43(45-41)35-24-23-34-26-38-37-13-7-8-14-39(37)47-40(38)27-36(34)25-35/h1-5,8-11,14-17,19,21,23-27,32H,6-7,12-13,18,20,22H2. The lowest BCUT2D eigenvalue weighted by atomic mass is 9.89. The Morgan fingerprint density at radius 2 is 1.51 bits per heavy atom. The zero-order valence-corrected chi connectivity index (χ0v) is 27.1. The predicted octanol–water partition coefficient (Wildman–Crippen LogP) is 11.4. The van der Waals surface area contributed by atoms with Gasteiger partial charge in [0.2, 0.25) is 0 Å². The van der Waals surface area contributed by atoms with E-state index in [-0.39, 0.29) is 5.92 Å². The fourth-order valence-electron chi connectivity index (χ4n) is 7.31. The van der Waals surface area contributed by atoms with E-state index in [1.54, 1.807) is 0 Å². The van der Waals surface area contributed by atoms with E-state index in [1.807, 2.05) is 11.3 Å². The fourth-order valence-corrected chi connectivity index (χ4v) is 8.52. The van der Waals surface area contributed by atoms with E-state index in [2.05, 4.69) is 121 Å². The van der Waals surface area contributed by atoms with Crippen LogP contribution in [0.5, 0.6) is 0 Å². The van der Waals surface area contributed by atoms with E-state index in [9.17, 15) is 0 Å². The van der Waals surface area contributed by atoms with Crippen molar-refractivity contribution < 1.29 is 0 Å². The van der Waals surface area contributed by atoms with Crippen LogP contribution in [0, 0.1) is 0 Å². The highest BCUT2D eigenvalue weighted by Gasteiger charge is 2.22. The summed E-state index contributed by atoms with van der Waals surface area (Å²) in [4.78, 5) is 16.9. The van der Waals surface area contributed by atoms with Crippen LogP contribution in [0.2, 0.25) is 0 Å². The Bertz CT molecular complexity index is 2270. The maximum absolute atomic E-state index is 5.16. The van der Waals surface area contributed by atoms with Crippen molar-refractivity contribution in [2.75, 3.05) is 0 Å². The highest BCUT2D eigenvalue weighted by molar-refractivity contribution is 7.20. The van der Waals surface area contributed by atoms with Crippen molar-refractivity contribution in [3.05, 3.63) is 154 Å². The number of benzene rings is 3. The second kappa shape index (κ2) is 12.0. The van der Waals surface area contributed by atoms with Crippen molar-refractivity contribution in [1.29, 1.82) is 0 Å². The van der Waals surface area contributed by atoms with Crippen molar-refractivity contribution in [3.63, 3.8) is 0 Å². The van der Waals surface area contributed by atoms with Gasteiger partial charge < -0.3 is 0 Å². The molecule has 0 spiro atoms. The highest BCUT2D eigenvalue weighted by Crippen LogP contribution is 2.39. The molecule has 2 heterocycles. The predicted molar refractivity (Wildman–Crippen MR) is 198 cm³/mol. The SMILES string of the molecule is C1=CCCC(C2=CC=C(c3nc(-c4ccc5cc6c7c(sc6cc5c4)C=CCC7)nc(C4C=CC(c5ccccc5)=CC4)n3)CC2)=C1. The molecule has 0 bridgehead atoms. The maximum Gasteiger partial charge on any atom is 0.163 e. The molecule has 0 fully saturated rings. The van der Waals surface area contributed by atoms with Gasteiger partial charge in [-0.2, -0.15) is 0 Å². The summed E-state index contributed by atoms with van der Waals surface area (Å²) in [6.07, 6.45) is 30.0. The number of thiophene rings is 1. The fraction of sp³-hybridized carbons (Fsp3) is 0.186. The van der Waals surface area contributed by atoms with Gasteiger partial charge in [0.25, 0.3) is 0 Å². The van der Waals surface area contributed by atoms with Gasteiger partial charge in [-0.25, -0.2) is 15.0 Å². The molecule has 3 aromatic carbocycles. The van der Waals surface area contributed by atoms with Crippen molar-refractivity contribution >= 4 is 49.4 Å². The molecule has 228 valence electrons. The van der Waals surface area contributed by atoms with Gasteiger partial charge in [-0.05, 0) is 119 Å². The zero-order valence-electron chi connectivity index (χ0n) is 26.3. The lowest BCUT2D eigenvalue weighted by Crippen LogP contribution is -2.11. The van der Waals surface area contributed by atoms with Gasteiger partial charge in [-0.15, -0.1) is 11.3 Å². The number of fused-ring (bicyclic) bond motifs is 4. The van der Waals surface area contributed by atoms with Crippen molar-refractivity contribution in [2.45, 2.75) is 50.9 Å². The summed E-state index contributed by atoms with van der Waals surface area (Å²) >= 11 is 1.91. The van der Waals surface area contributed by atoms with E-state index >= 15 is 0 Å². The topological polar surface area (TPSA) is 38.7 Å². The summed E-state index contributed by atoms with van der Waals surface area (Å²) in [6, 6.07) is 22.0. The number of aromatic nitrogens is 3. The van der Waals surface area contributed by atoms with E-state index in [0.717, 1.165) is 68.0 Å². The molecule has 0 saturated heterocycles. The number of hydrogen-bond donors (Lipinski definition) is 0. The number of nitrogens with zero attached hydrogens (tertiary/aromatic N) is 3. The number of rotatable bonds is 5. The minimum atomic E-state index is 0.100. The van der Waals surface area contributed by atoms with Crippen molar-refractivity contribution in [2.24, 2.45) is 0 Å². The molecule has 0 saturated carbocycles. The van der Waals surface area contributed by atoms with Crippen LogP contribution < -0.4 is 0 Å². The number of aryl methyl sites for hydroxylation is 1. The molecular weight excluding hydrogens is 591 g/mol. The molecule has 0 amide bonds. The highest BCUT2D eigenvalue weighted by atomic mass is 32.1. The summed E-state index contributed by atoms with van der Waals surface area (Å²) in [6.45, 7) is 0. The molecule has 4 heteroatoms. The van der Waals surface area contributed by atoms with Crippen LogP contribution in [0.1, 0.15) is 72.1 Å². The number of hydrogen-bond acceptors (Lipinski definition) is 4. The molecule has 1 unspecified atom stereocenters. The first kappa shape index (κ1) is 28.3. The average molecular weight is 626 g/mol. The van der Waals surface area contributed by atoms with Gasteiger partial charge in [0.15, 0.2) is 11.6 Å². The first-order chi connectivity index (χ1) is 23.2. The first-order valence-electron chi connectivity index (χ1n) is 16.9. The molecule has 0 aliphatic heterocycles. The van der Waals surface area contributed by atoms with E-state index in [0.29, 0.717) is 0 Å². The number of allylic oxidation sites excluding steroid dienone is 13. The van der Waals surface area contributed by atoms with Crippen LogP contribution >= 0.6 is 11.3 Å². The van der Waals surface area contributed by atoms with Gasteiger partial charge in [0.1, 0.15) is 5.82 Å². The molecule has 4 aliphatic rings. The Morgan fingerprint density at radius 3 is 2.34 bits per heavy atom. The zero-order chi connectivity index (χ0) is 31.2. The molecule has 3 nitrogen and oxygen atoms in total. The van der Waals surface area contributed by atoms with Gasteiger partial charge in [-0.3, -0.25) is 0 Å². The minimum absolute atomic E-state index is 0.100. The Kier molecular flexibility index (Phi) is 7.24. The smallest absolute Gasteiger partial charge is 0.163 e. The van der Waals surface area contributed by atoms with E-state index in [1.165, 1.54) is 59.2 Å². The lowest BCUT2D eigenvalue weighted by Gasteiger charge is -2.20. The first-order valence-corrected chi connectivity index (χ1v) is 17.7. The van der Waals surface area contributed by atoms with E-state index < -0.39 is 0 Å². The summed E-state index contributed by atoms with van der Waals surface area (Å²) in [5, 5.41) is 3.90. The molecule has 0 N–H and O–H groups in total. The van der Waals surface area contributed by atoms with Crippen LogP contribution in [0.3, 0.4) is 0 Å². The van der Waals surface area contributed by atoms with Crippen LogP contribution in [0.4, 0.5) is 0 Å². The third-order valence-electron chi connectivity index (χ3n) is 9.92. The molecule has 5 aromatic rings. The largest absolute Gasteiger partial charge is 0.213 e. The van der Waals surface area contributed by atoms with Crippen LogP contribution in [-0.2, 0) is 6.42 Å². The van der Waals surface area contributed by atoms with Gasteiger partial charge in [0.05, 0.1) is 0 Å². The third-order valence-corrected chi connectivity index (χ3v) is 11.1. The maximum atomic E-state index is 5.16. The summed E-state index contributed by atoms with van der Waals surface area (Å²) in [5.74, 6) is 2.50. The minimum Gasteiger partial charge on any atom is -0.213 e. The van der Waals surface area contributed by atoms with Gasteiger partial charge in [-0.1, -0.05) is 97.1 Å². The Labute approximate surface area is 279 Å². The van der Waals surface area contributed by atoms with Gasteiger partial charge in [0, 0.05) is 21.1 Å².